The molecule has 1 unspecified atom stereocenters. The van der Waals surface area contributed by atoms with Gasteiger partial charge in [0.2, 0.25) is 5.91 Å². The first-order valence-corrected chi connectivity index (χ1v) is 13.5. The van der Waals surface area contributed by atoms with E-state index in [1.54, 1.807) is 6.92 Å². The van der Waals surface area contributed by atoms with Gasteiger partial charge >= 0.3 is 5.97 Å². The molecule has 2 heterocycles. The Balaban J connectivity index is 1.69. The molecule has 3 rings (SSSR count). The number of hydrogen-bond donors (Lipinski definition) is 2. The van der Waals surface area contributed by atoms with Crippen molar-refractivity contribution in [1.82, 2.24) is 14.8 Å². The number of aromatic nitrogens is 3. The van der Waals surface area contributed by atoms with E-state index in [0.717, 1.165) is 17.1 Å². The van der Waals surface area contributed by atoms with E-state index in [9.17, 15) is 14.4 Å². The van der Waals surface area contributed by atoms with Crippen LogP contribution in [-0.2, 0) is 16.1 Å². The molecule has 3 N–H and O–H groups in total. The summed E-state index contributed by atoms with van der Waals surface area (Å²) in [5.41, 5.74) is 7.12. The number of carbonyl (C=O) groups excluding carboxylic acids is 3. The van der Waals surface area contributed by atoms with Gasteiger partial charge in [0.15, 0.2) is 17.1 Å². The summed E-state index contributed by atoms with van der Waals surface area (Å²) in [7, 11) is 1.23. The maximum atomic E-state index is 12.7. The number of rotatable bonds is 11. The van der Waals surface area contributed by atoms with Crippen molar-refractivity contribution >= 4 is 45.9 Å². The first kappa shape index (κ1) is 28.2. The number of hydrogen-bond acceptors (Lipinski definition) is 9. The van der Waals surface area contributed by atoms with E-state index in [2.05, 4.69) is 29.4 Å². The van der Waals surface area contributed by atoms with Gasteiger partial charge in [-0.15, -0.1) is 21.5 Å². The number of anilines is 1. The minimum atomic E-state index is -0.682. The van der Waals surface area contributed by atoms with Crippen molar-refractivity contribution < 1.29 is 23.9 Å². The van der Waals surface area contributed by atoms with Crippen LogP contribution >= 0.6 is 23.1 Å². The molecule has 0 radical (unpaired) electrons. The summed E-state index contributed by atoms with van der Waals surface area (Å²) in [5.74, 6) is 0.103. The van der Waals surface area contributed by atoms with Gasteiger partial charge in [-0.25, -0.2) is 4.79 Å². The van der Waals surface area contributed by atoms with E-state index in [1.807, 2.05) is 42.7 Å². The summed E-state index contributed by atoms with van der Waals surface area (Å²) in [6.45, 7) is 10.3. The Morgan fingerprint density at radius 3 is 2.41 bits per heavy atom. The molecular formula is C25H31N5O5S2. The molecule has 0 saturated heterocycles. The second kappa shape index (κ2) is 12.2. The third-order valence-corrected chi connectivity index (χ3v) is 7.82. The van der Waals surface area contributed by atoms with Gasteiger partial charge in [-0.2, -0.15) is 0 Å². The molecule has 0 spiro atoms. The van der Waals surface area contributed by atoms with Crippen LogP contribution < -0.4 is 15.8 Å². The monoisotopic (exact) mass is 545 g/mol. The Morgan fingerprint density at radius 1 is 1.16 bits per heavy atom. The standard InChI is InChI=1S/C25H31N5O5S2/c1-7-30-22(15(5)35-17-10-8-16(9-11-17)13(2)3)28-29-25(30)36-12-18(31)27-23-19(24(33)34-6)14(4)20(37-23)21(26)32/h8-11,13,15H,7,12H2,1-6H3,(H2,26,32)(H,27,31). The molecule has 2 aromatic heterocycles. The number of esters is 1. The molecule has 37 heavy (non-hydrogen) atoms. The first-order valence-electron chi connectivity index (χ1n) is 11.7. The van der Waals surface area contributed by atoms with Crippen molar-refractivity contribution in [3.05, 3.63) is 51.7 Å². The zero-order valence-electron chi connectivity index (χ0n) is 21.7. The third kappa shape index (κ3) is 6.50. The summed E-state index contributed by atoms with van der Waals surface area (Å²) in [6.07, 6.45) is -0.357. The summed E-state index contributed by atoms with van der Waals surface area (Å²) in [5, 5.41) is 12.0. The van der Waals surface area contributed by atoms with E-state index in [1.165, 1.54) is 24.4 Å². The van der Waals surface area contributed by atoms with E-state index >= 15 is 0 Å². The third-order valence-electron chi connectivity index (χ3n) is 5.63. The maximum absolute atomic E-state index is 12.7. The SMILES string of the molecule is CCn1c(SCC(=O)Nc2sc(C(N)=O)c(C)c2C(=O)OC)nnc1C(C)Oc1ccc(C(C)C)cc1. The smallest absolute Gasteiger partial charge is 0.341 e. The highest BCUT2D eigenvalue weighted by Gasteiger charge is 2.26. The summed E-state index contributed by atoms with van der Waals surface area (Å²) in [4.78, 5) is 36.8. The Kier molecular flexibility index (Phi) is 9.33. The number of carbonyl (C=O) groups is 3. The van der Waals surface area contributed by atoms with E-state index in [-0.39, 0.29) is 33.2 Å². The number of nitrogens with two attached hydrogens (primary N) is 1. The Bertz CT molecular complexity index is 1280. The number of primary amides is 1. The van der Waals surface area contributed by atoms with Gasteiger partial charge in [-0.05, 0) is 49.9 Å². The lowest BCUT2D eigenvalue weighted by Crippen LogP contribution is -2.17. The second-order valence-electron chi connectivity index (χ2n) is 8.52. The fraction of sp³-hybridized carbons (Fsp3) is 0.400. The second-order valence-corrected chi connectivity index (χ2v) is 10.5. The number of amides is 2. The highest BCUT2D eigenvalue weighted by molar-refractivity contribution is 7.99. The fourth-order valence-electron chi connectivity index (χ4n) is 3.67. The lowest BCUT2D eigenvalue weighted by molar-refractivity contribution is -0.113. The molecule has 12 heteroatoms. The predicted molar refractivity (Wildman–Crippen MR) is 144 cm³/mol. The number of methoxy groups -OCH3 is 1. The average Bonchev–Trinajstić information content (AvgIpc) is 3.43. The molecule has 1 atom stereocenters. The molecule has 198 valence electrons. The first-order chi connectivity index (χ1) is 17.6. The summed E-state index contributed by atoms with van der Waals surface area (Å²) in [6, 6.07) is 7.97. The minimum Gasteiger partial charge on any atom is -0.483 e. The molecule has 10 nitrogen and oxygen atoms in total. The number of ether oxygens (including phenoxy) is 2. The van der Waals surface area contributed by atoms with Crippen LogP contribution in [-0.4, -0.2) is 45.4 Å². The molecule has 0 fully saturated rings. The van der Waals surface area contributed by atoms with Gasteiger partial charge in [-0.1, -0.05) is 37.7 Å². The molecule has 0 aliphatic heterocycles. The molecule has 0 aliphatic rings. The van der Waals surface area contributed by atoms with Crippen molar-refractivity contribution in [3.63, 3.8) is 0 Å². The minimum absolute atomic E-state index is 0.00744. The summed E-state index contributed by atoms with van der Waals surface area (Å²) >= 11 is 2.15. The van der Waals surface area contributed by atoms with Crippen LogP contribution in [0, 0.1) is 6.92 Å². The average molecular weight is 546 g/mol. The fourth-order valence-corrected chi connectivity index (χ4v) is 5.54. The van der Waals surface area contributed by atoms with Crippen LogP contribution in [0.5, 0.6) is 5.75 Å². The number of thiophene rings is 1. The van der Waals surface area contributed by atoms with Gasteiger partial charge in [0.25, 0.3) is 5.91 Å². The molecule has 1 aromatic carbocycles. The molecule has 0 bridgehead atoms. The van der Waals surface area contributed by atoms with Crippen molar-refractivity contribution in [3.8, 4) is 5.75 Å². The van der Waals surface area contributed by atoms with Crippen LogP contribution in [0.3, 0.4) is 0 Å². The summed E-state index contributed by atoms with van der Waals surface area (Å²) < 4.78 is 12.8. The van der Waals surface area contributed by atoms with Crippen molar-refractivity contribution in [1.29, 1.82) is 0 Å². The Morgan fingerprint density at radius 2 is 1.84 bits per heavy atom. The number of nitrogens with one attached hydrogen (secondary N) is 1. The van der Waals surface area contributed by atoms with E-state index in [4.69, 9.17) is 15.2 Å². The van der Waals surface area contributed by atoms with E-state index < -0.39 is 11.9 Å². The van der Waals surface area contributed by atoms with Crippen molar-refractivity contribution in [2.45, 2.75) is 58.3 Å². The van der Waals surface area contributed by atoms with Gasteiger partial charge in [-0.3, -0.25) is 9.59 Å². The molecular weight excluding hydrogens is 514 g/mol. The number of thioether (sulfide) groups is 1. The predicted octanol–water partition coefficient (Wildman–Crippen LogP) is 4.55. The Hall–Kier alpha value is -3.38. The zero-order chi connectivity index (χ0) is 27.3. The number of nitrogens with zero attached hydrogens (tertiary/aromatic N) is 3. The maximum Gasteiger partial charge on any atom is 0.341 e. The largest absolute Gasteiger partial charge is 0.483 e. The van der Waals surface area contributed by atoms with Crippen LogP contribution in [0.4, 0.5) is 5.00 Å². The van der Waals surface area contributed by atoms with Gasteiger partial charge in [0.05, 0.1) is 23.3 Å². The zero-order valence-corrected chi connectivity index (χ0v) is 23.3. The number of benzene rings is 1. The quantitative estimate of drug-likeness (QED) is 0.264. The van der Waals surface area contributed by atoms with Crippen LogP contribution in [0.15, 0.2) is 29.4 Å². The van der Waals surface area contributed by atoms with Gasteiger partial charge in [0, 0.05) is 6.54 Å². The lowest BCUT2D eigenvalue weighted by atomic mass is 10.0. The van der Waals surface area contributed by atoms with Crippen LogP contribution in [0.1, 0.15) is 76.7 Å². The molecule has 0 aliphatic carbocycles. The molecule has 0 saturated carbocycles. The van der Waals surface area contributed by atoms with E-state index in [0.29, 0.717) is 29.0 Å². The van der Waals surface area contributed by atoms with Crippen LogP contribution in [0.25, 0.3) is 0 Å². The topological polar surface area (TPSA) is 138 Å². The van der Waals surface area contributed by atoms with Crippen molar-refractivity contribution in [2.24, 2.45) is 5.73 Å². The van der Waals surface area contributed by atoms with Gasteiger partial charge in [0.1, 0.15) is 10.8 Å². The normalized spacial score (nSPS) is 11.9. The molecule has 2 amide bonds. The van der Waals surface area contributed by atoms with Crippen LogP contribution in [0.2, 0.25) is 0 Å². The molecule has 3 aromatic rings. The highest BCUT2D eigenvalue weighted by atomic mass is 32.2. The Labute approximate surface area is 223 Å². The lowest BCUT2D eigenvalue weighted by Gasteiger charge is -2.16. The highest BCUT2D eigenvalue weighted by Crippen LogP contribution is 2.34. The van der Waals surface area contributed by atoms with Crippen molar-refractivity contribution in [2.75, 3.05) is 18.2 Å². The van der Waals surface area contributed by atoms with Gasteiger partial charge < -0.3 is 25.1 Å².